The molecule has 4 heteroatoms. The first kappa shape index (κ1) is 17.0. The number of carbonyl (C=O) groups excluding carboxylic acids is 1. The van der Waals surface area contributed by atoms with Crippen molar-refractivity contribution in [2.75, 3.05) is 19.0 Å². The molecule has 1 aromatic carbocycles. The number of nitrogens with one attached hydrogen (secondary N) is 1. The summed E-state index contributed by atoms with van der Waals surface area (Å²) in [5.41, 5.74) is 1.33. The van der Waals surface area contributed by atoms with Crippen LogP contribution in [0.3, 0.4) is 0 Å². The average molecular weight is 297 g/mol. The first-order chi connectivity index (χ1) is 9.28. The zero-order valence-electron chi connectivity index (χ0n) is 11.1. The van der Waals surface area contributed by atoms with Crippen molar-refractivity contribution in [1.29, 1.82) is 0 Å². The van der Waals surface area contributed by atoms with Crippen molar-refractivity contribution in [1.82, 2.24) is 10.2 Å². The Hall–Kier alpha value is -1.06. The zero-order chi connectivity index (χ0) is 13.5. The Morgan fingerprint density at radius 3 is 2.80 bits per heavy atom. The van der Waals surface area contributed by atoms with Crippen LogP contribution in [-0.4, -0.2) is 35.8 Å². The Morgan fingerprint density at radius 2 is 2.10 bits per heavy atom. The molecule has 0 spiro atoms. The molecule has 112 valence electrons. The SMILES string of the molecule is C.O=C(CCCCl)N[C@@H]1CCN(Cc2ccccc2)C1. The van der Waals surface area contributed by atoms with E-state index in [1.165, 1.54) is 5.56 Å². The van der Waals surface area contributed by atoms with Crippen LogP contribution in [0.5, 0.6) is 0 Å². The number of halogens is 1. The van der Waals surface area contributed by atoms with Gasteiger partial charge in [-0.1, -0.05) is 37.8 Å². The molecular formula is C16H25ClN2O. The molecule has 1 saturated heterocycles. The predicted molar refractivity (Wildman–Crippen MR) is 85.0 cm³/mol. The summed E-state index contributed by atoms with van der Waals surface area (Å²) in [6.45, 7) is 2.96. The number of carbonyl (C=O) groups is 1. The van der Waals surface area contributed by atoms with Gasteiger partial charge in [-0.05, 0) is 18.4 Å². The quantitative estimate of drug-likeness (QED) is 0.819. The summed E-state index contributed by atoms with van der Waals surface area (Å²) in [5.74, 6) is 0.685. The lowest BCUT2D eigenvalue weighted by atomic mass is 10.2. The Labute approximate surface area is 127 Å². The number of hydrogen-bond donors (Lipinski definition) is 1. The van der Waals surface area contributed by atoms with Crippen LogP contribution in [0.25, 0.3) is 0 Å². The molecule has 1 aliphatic heterocycles. The van der Waals surface area contributed by atoms with Crippen molar-refractivity contribution >= 4 is 17.5 Å². The van der Waals surface area contributed by atoms with Crippen LogP contribution in [0.2, 0.25) is 0 Å². The lowest BCUT2D eigenvalue weighted by Gasteiger charge is -2.16. The van der Waals surface area contributed by atoms with Crippen LogP contribution in [-0.2, 0) is 11.3 Å². The monoisotopic (exact) mass is 296 g/mol. The van der Waals surface area contributed by atoms with E-state index in [-0.39, 0.29) is 13.3 Å². The number of alkyl halides is 1. The maximum absolute atomic E-state index is 11.6. The van der Waals surface area contributed by atoms with Crippen molar-refractivity contribution in [3.8, 4) is 0 Å². The first-order valence-electron chi connectivity index (χ1n) is 6.89. The van der Waals surface area contributed by atoms with Crippen molar-refractivity contribution in [3.63, 3.8) is 0 Å². The van der Waals surface area contributed by atoms with Crippen molar-refractivity contribution in [2.24, 2.45) is 0 Å². The molecule has 20 heavy (non-hydrogen) atoms. The van der Waals surface area contributed by atoms with Crippen LogP contribution in [0.1, 0.15) is 32.3 Å². The summed E-state index contributed by atoms with van der Waals surface area (Å²) in [4.78, 5) is 14.0. The molecule has 1 atom stereocenters. The summed E-state index contributed by atoms with van der Waals surface area (Å²) < 4.78 is 0. The van der Waals surface area contributed by atoms with E-state index in [1.807, 2.05) is 6.07 Å². The topological polar surface area (TPSA) is 32.3 Å². The van der Waals surface area contributed by atoms with E-state index in [2.05, 4.69) is 34.5 Å². The Kier molecular flexibility index (Phi) is 7.63. The highest BCUT2D eigenvalue weighted by Gasteiger charge is 2.23. The third-order valence-corrected chi connectivity index (χ3v) is 3.69. The second kappa shape index (κ2) is 8.98. The van der Waals surface area contributed by atoms with Gasteiger partial charge in [0, 0.05) is 38.0 Å². The predicted octanol–water partition coefficient (Wildman–Crippen LogP) is 3.03. The molecule has 1 amide bonds. The van der Waals surface area contributed by atoms with Gasteiger partial charge >= 0.3 is 0 Å². The number of likely N-dealkylation sites (tertiary alicyclic amines) is 1. The van der Waals surface area contributed by atoms with Crippen molar-refractivity contribution in [2.45, 2.75) is 39.3 Å². The van der Waals surface area contributed by atoms with E-state index in [1.54, 1.807) is 0 Å². The largest absolute Gasteiger partial charge is 0.352 e. The van der Waals surface area contributed by atoms with Crippen LogP contribution < -0.4 is 5.32 Å². The van der Waals surface area contributed by atoms with Gasteiger partial charge in [0.1, 0.15) is 0 Å². The Bertz CT molecular complexity index is 397. The normalized spacial score (nSPS) is 18.6. The van der Waals surface area contributed by atoms with E-state index in [9.17, 15) is 4.79 Å². The number of rotatable bonds is 6. The molecule has 0 bridgehead atoms. The average Bonchev–Trinajstić information content (AvgIpc) is 2.85. The summed E-state index contributed by atoms with van der Waals surface area (Å²) in [6, 6.07) is 10.8. The smallest absolute Gasteiger partial charge is 0.220 e. The summed E-state index contributed by atoms with van der Waals surface area (Å²) >= 11 is 5.59. The number of nitrogens with zero attached hydrogens (tertiary/aromatic N) is 1. The standard InChI is InChI=1S/C15H21ClN2O.CH4/c16-9-4-7-15(19)17-14-8-10-18(12-14)11-13-5-2-1-3-6-13;/h1-3,5-6,14H,4,7-12H2,(H,17,19);1H4/t14-;/m1./s1. The molecule has 2 rings (SSSR count). The maximum atomic E-state index is 11.6. The van der Waals surface area contributed by atoms with Gasteiger partial charge in [0.25, 0.3) is 0 Å². The van der Waals surface area contributed by atoms with Gasteiger partial charge in [-0.2, -0.15) is 0 Å². The van der Waals surface area contributed by atoms with E-state index < -0.39 is 0 Å². The molecule has 0 unspecified atom stereocenters. The van der Waals surface area contributed by atoms with E-state index in [0.29, 0.717) is 18.3 Å². The third-order valence-electron chi connectivity index (χ3n) is 3.42. The van der Waals surface area contributed by atoms with Crippen molar-refractivity contribution in [3.05, 3.63) is 35.9 Å². The molecule has 0 saturated carbocycles. The van der Waals surface area contributed by atoms with Crippen LogP contribution in [0.4, 0.5) is 0 Å². The number of hydrogen-bond acceptors (Lipinski definition) is 2. The Morgan fingerprint density at radius 1 is 1.35 bits per heavy atom. The van der Waals surface area contributed by atoms with E-state index in [4.69, 9.17) is 11.6 Å². The molecule has 0 aliphatic carbocycles. The molecule has 1 heterocycles. The fraction of sp³-hybridized carbons (Fsp3) is 0.562. The first-order valence-corrected chi connectivity index (χ1v) is 7.43. The number of amides is 1. The molecule has 1 N–H and O–H groups in total. The van der Waals surface area contributed by atoms with Gasteiger partial charge in [-0.25, -0.2) is 0 Å². The molecule has 1 fully saturated rings. The molecule has 0 radical (unpaired) electrons. The van der Waals surface area contributed by atoms with E-state index in [0.717, 1.165) is 32.5 Å². The highest BCUT2D eigenvalue weighted by Crippen LogP contribution is 2.13. The fourth-order valence-electron chi connectivity index (χ4n) is 2.46. The highest BCUT2D eigenvalue weighted by molar-refractivity contribution is 6.17. The Balaban J connectivity index is 0.00000200. The van der Waals surface area contributed by atoms with Crippen LogP contribution >= 0.6 is 11.6 Å². The summed E-state index contributed by atoms with van der Waals surface area (Å²) in [7, 11) is 0. The van der Waals surface area contributed by atoms with E-state index >= 15 is 0 Å². The second-order valence-electron chi connectivity index (χ2n) is 5.07. The molecule has 1 aliphatic rings. The number of benzene rings is 1. The van der Waals surface area contributed by atoms with Crippen molar-refractivity contribution < 1.29 is 4.79 Å². The summed E-state index contributed by atoms with van der Waals surface area (Å²) in [5, 5.41) is 3.09. The van der Waals surface area contributed by atoms with Crippen LogP contribution in [0, 0.1) is 0 Å². The minimum atomic E-state index is 0. The molecule has 3 nitrogen and oxygen atoms in total. The second-order valence-corrected chi connectivity index (χ2v) is 5.44. The molecule has 0 aromatic heterocycles. The maximum Gasteiger partial charge on any atom is 0.220 e. The zero-order valence-corrected chi connectivity index (χ0v) is 11.9. The fourth-order valence-corrected chi connectivity index (χ4v) is 2.60. The molecule has 1 aromatic rings. The third kappa shape index (κ3) is 5.51. The van der Waals surface area contributed by atoms with Gasteiger partial charge in [0.05, 0.1) is 0 Å². The van der Waals surface area contributed by atoms with Crippen LogP contribution in [0.15, 0.2) is 30.3 Å². The van der Waals surface area contributed by atoms with Gasteiger partial charge in [-0.3, -0.25) is 9.69 Å². The lowest BCUT2D eigenvalue weighted by Crippen LogP contribution is -2.36. The van der Waals surface area contributed by atoms with Gasteiger partial charge in [-0.15, -0.1) is 11.6 Å². The minimum absolute atomic E-state index is 0. The summed E-state index contributed by atoms with van der Waals surface area (Å²) in [6.07, 6.45) is 2.34. The van der Waals surface area contributed by atoms with Gasteiger partial charge < -0.3 is 5.32 Å². The van der Waals surface area contributed by atoms with Gasteiger partial charge in [0.2, 0.25) is 5.91 Å². The van der Waals surface area contributed by atoms with Gasteiger partial charge in [0.15, 0.2) is 0 Å². The highest BCUT2D eigenvalue weighted by atomic mass is 35.5. The molecular weight excluding hydrogens is 272 g/mol. The lowest BCUT2D eigenvalue weighted by molar-refractivity contribution is -0.121. The minimum Gasteiger partial charge on any atom is -0.352 e.